The number of aryl methyl sites for hydroxylation is 1. The molecule has 1 aliphatic heterocycles. The number of hydrogen-bond acceptors (Lipinski definition) is 4. The highest BCUT2D eigenvalue weighted by atomic mass is 16.5. The summed E-state index contributed by atoms with van der Waals surface area (Å²) in [5, 5.41) is 8.37. The first-order chi connectivity index (χ1) is 9.80. The molecule has 3 rings (SSSR count). The van der Waals surface area contributed by atoms with Gasteiger partial charge in [-0.1, -0.05) is 13.3 Å². The molecule has 1 saturated carbocycles. The molecule has 5 heteroatoms. The van der Waals surface area contributed by atoms with Crippen LogP contribution in [0.4, 0.5) is 0 Å². The maximum absolute atomic E-state index is 5.14. The van der Waals surface area contributed by atoms with Crippen molar-refractivity contribution < 1.29 is 4.74 Å². The van der Waals surface area contributed by atoms with Gasteiger partial charge in [-0.3, -0.25) is 0 Å². The minimum Gasteiger partial charge on any atom is -0.377 e. The Morgan fingerprint density at radius 2 is 2.25 bits per heavy atom. The molecule has 0 saturated heterocycles. The number of hydrogen-bond donors (Lipinski definition) is 1. The quantitative estimate of drug-likeness (QED) is 0.898. The van der Waals surface area contributed by atoms with Crippen LogP contribution in [0.5, 0.6) is 0 Å². The summed E-state index contributed by atoms with van der Waals surface area (Å²) < 4.78 is 7.22. The third-order valence-corrected chi connectivity index (χ3v) is 4.75. The van der Waals surface area contributed by atoms with Gasteiger partial charge in [0.25, 0.3) is 0 Å². The third kappa shape index (κ3) is 2.88. The number of aromatic nitrogens is 3. The molecular weight excluding hydrogens is 252 g/mol. The van der Waals surface area contributed by atoms with Crippen molar-refractivity contribution in [1.82, 2.24) is 20.1 Å². The lowest BCUT2D eigenvalue weighted by Crippen LogP contribution is -2.35. The number of rotatable bonds is 5. The molecule has 2 aliphatic rings. The maximum Gasteiger partial charge on any atom is 0.176 e. The van der Waals surface area contributed by atoms with Gasteiger partial charge in [0.05, 0.1) is 6.04 Å². The molecule has 5 nitrogen and oxygen atoms in total. The van der Waals surface area contributed by atoms with Crippen molar-refractivity contribution in [2.45, 2.75) is 70.7 Å². The average Bonchev–Trinajstić information content (AvgIpc) is 3.06. The van der Waals surface area contributed by atoms with Crippen LogP contribution in [0.15, 0.2) is 0 Å². The first-order valence-electron chi connectivity index (χ1n) is 7.98. The zero-order valence-corrected chi connectivity index (χ0v) is 12.6. The zero-order valence-electron chi connectivity index (χ0n) is 12.6. The Bertz CT molecular complexity index is 445. The summed E-state index contributed by atoms with van der Waals surface area (Å²) in [6.07, 6.45) is 7.70. The van der Waals surface area contributed by atoms with E-state index in [1.54, 1.807) is 7.11 Å². The molecule has 112 valence electrons. The van der Waals surface area contributed by atoms with E-state index >= 15 is 0 Å². The molecule has 2 heterocycles. The van der Waals surface area contributed by atoms with E-state index in [0.717, 1.165) is 24.1 Å². The summed E-state index contributed by atoms with van der Waals surface area (Å²) in [4.78, 5) is 4.67. The van der Waals surface area contributed by atoms with Crippen molar-refractivity contribution >= 4 is 0 Å². The molecular formula is C15H26N4O. The highest BCUT2D eigenvalue weighted by molar-refractivity contribution is 5.03. The molecule has 3 unspecified atom stereocenters. The summed E-state index contributed by atoms with van der Waals surface area (Å²) in [6.45, 7) is 3.81. The van der Waals surface area contributed by atoms with Crippen LogP contribution in [0.2, 0.25) is 0 Å². The Morgan fingerprint density at radius 1 is 1.35 bits per heavy atom. The summed E-state index contributed by atoms with van der Waals surface area (Å²) in [7, 11) is 1.69. The van der Waals surface area contributed by atoms with Crippen LogP contribution in [-0.2, 0) is 17.9 Å². The molecule has 0 radical (unpaired) electrons. The molecule has 20 heavy (non-hydrogen) atoms. The van der Waals surface area contributed by atoms with E-state index in [4.69, 9.17) is 4.74 Å². The molecule has 1 aromatic rings. The summed E-state index contributed by atoms with van der Waals surface area (Å²) >= 11 is 0. The lowest BCUT2D eigenvalue weighted by atomic mass is 10.0. The lowest BCUT2D eigenvalue weighted by Gasteiger charge is -2.26. The van der Waals surface area contributed by atoms with Crippen molar-refractivity contribution in [3.8, 4) is 0 Å². The SMILES string of the molecule is CCC1CCC(NC2CCCn3nc(COC)nc32)C1. The Morgan fingerprint density at radius 3 is 3.00 bits per heavy atom. The van der Waals surface area contributed by atoms with Crippen LogP contribution in [0, 0.1) is 5.92 Å². The van der Waals surface area contributed by atoms with Crippen molar-refractivity contribution in [3.63, 3.8) is 0 Å². The number of nitrogens with one attached hydrogen (secondary N) is 1. The van der Waals surface area contributed by atoms with E-state index in [1.807, 2.05) is 0 Å². The Kier molecular flexibility index (Phi) is 4.36. The third-order valence-electron chi connectivity index (χ3n) is 4.75. The second-order valence-electron chi connectivity index (χ2n) is 6.19. The predicted molar refractivity (Wildman–Crippen MR) is 77.3 cm³/mol. The molecule has 1 N–H and O–H groups in total. The fourth-order valence-corrected chi connectivity index (χ4v) is 3.63. The molecule has 0 bridgehead atoms. The Hall–Kier alpha value is -0.940. The summed E-state index contributed by atoms with van der Waals surface area (Å²) in [6, 6.07) is 1.04. The van der Waals surface area contributed by atoms with Gasteiger partial charge < -0.3 is 10.1 Å². The fourth-order valence-electron chi connectivity index (χ4n) is 3.63. The first-order valence-corrected chi connectivity index (χ1v) is 7.98. The largest absolute Gasteiger partial charge is 0.377 e. The monoisotopic (exact) mass is 278 g/mol. The van der Waals surface area contributed by atoms with Crippen LogP contribution < -0.4 is 5.32 Å². The lowest BCUT2D eigenvalue weighted by molar-refractivity contribution is 0.177. The van der Waals surface area contributed by atoms with Crippen LogP contribution in [0.3, 0.4) is 0 Å². The van der Waals surface area contributed by atoms with Gasteiger partial charge in [0.2, 0.25) is 0 Å². The van der Waals surface area contributed by atoms with E-state index in [9.17, 15) is 0 Å². The van der Waals surface area contributed by atoms with Gasteiger partial charge in [-0.25, -0.2) is 9.67 Å². The molecule has 1 fully saturated rings. The summed E-state index contributed by atoms with van der Waals surface area (Å²) in [5.74, 6) is 2.84. The maximum atomic E-state index is 5.14. The second-order valence-corrected chi connectivity index (χ2v) is 6.19. The molecule has 0 amide bonds. The van der Waals surface area contributed by atoms with Gasteiger partial charge in [0, 0.05) is 19.7 Å². The number of nitrogens with zero attached hydrogens (tertiary/aromatic N) is 3. The molecule has 3 atom stereocenters. The summed E-state index contributed by atoms with van der Waals surface area (Å²) in [5.41, 5.74) is 0. The standard InChI is InChI=1S/C15H26N4O/c1-3-11-6-7-12(9-11)16-13-5-4-8-19-15(13)17-14(18-19)10-20-2/h11-13,16H,3-10H2,1-2H3. The molecule has 0 aromatic carbocycles. The average molecular weight is 278 g/mol. The van der Waals surface area contributed by atoms with Gasteiger partial charge in [-0.2, -0.15) is 5.10 Å². The van der Waals surface area contributed by atoms with Gasteiger partial charge in [0.15, 0.2) is 5.82 Å². The van der Waals surface area contributed by atoms with E-state index in [-0.39, 0.29) is 0 Å². The smallest absolute Gasteiger partial charge is 0.176 e. The van der Waals surface area contributed by atoms with E-state index in [1.165, 1.54) is 38.5 Å². The fraction of sp³-hybridized carbons (Fsp3) is 0.867. The normalized spacial score (nSPS) is 29.6. The topological polar surface area (TPSA) is 52.0 Å². The highest BCUT2D eigenvalue weighted by Gasteiger charge is 2.29. The van der Waals surface area contributed by atoms with E-state index in [2.05, 4.69) is 27.0 Å². The van der Waals surface area contributed by atoms with Crippen LogP contribution in [0.1, 0.15) is 63.1 Å². The zero-order chi connectivity index (χ0) is 13.9. The number of fused-ring (bicyclic) bond motifs is 1. The van der Waals surface area contributed by atoms with Crippen molar-refractivity contribution in [1.29, 1.82) is 0 Å². The second kappa shape index (κ2) is 6.22. The number of methoxy groups -OCH3 is 1. The van der Waals surface area contributed by atoms with Crippen LogP contribution in [0.25, 0.3) is 0 Å². The predicted octanol–water partition coefficient (Wildman–Crippen LogP) is 2.43. The van der Waals surface area contributed by atoms with Crippen LogP contribution in [-0.4, -0.2) is 27.9 Å². The van der Waals surface area contributed by atoms with Gasteiger partial charge in [-0.05, 0) is 38.0 Å². The highest BCUT2D eigenvalue weighted by Crippen LogP contribution is 2.31. The Balaban J connectivity index is 1.67. The molecule has 0 spiro atoms. The molecule has 1 aromatic heterocycles. The molecule has 1 aliphatic carbocycles. The van der Waals surface area contributed by atoms with Crippen LogP contribution >= 0.6 is 0 Å². The van der Waals surface area contributed by atoms with Crippen molar-refractivity contribution in [2.75, 3.05) is 7.11 Å². The van der Waals surface area contributed by atoms with Gasteiger partial charge in [0.1, 0.15) is 12.4 Å². The minimum absolute atomic E-state index is 0.377. The van der Waals surface area contributed by atoms with Crippen molar-refractivity contribution in [2.24, 2.45) is 5.92 Å². The van der Waals surface area contributed by atoms with Gasteiger partial charge in [-0.15, -0.1) is 0 Å². The number of ether oxygens (including phenoxy) is 1. The Labute approximate surface area is 121 Å². The first kappa shape index (κ1) is 14.0. The van der Waals surface area contributed by atoms with Gasteiger partial charge >= 0.3 is 0 Å². The van der Waals surface area contributed by atoms with E-state index < -0.39 is 0 Å². The minimum atomic E-state index is 0.377. The van der Waals surface area contributed by atoms with E-state index in [0.29, 0.717) is 18.7 Å². The van der Waals surface area contributed by atoms with Crippen molar-refractivity contribution in [3.05, 3.63) is 11.6 Å².